The predicted octanol–water partition coefficient (Wildman–Crippen LogP) is 2.05. The monoisotopic (exact) mass is 225 g/mol. The molecule has 0 aromatic heterocycles. The van der Waals surface area contributed by atoms with Gasteiger partial charge in [0.15, 0.2) is 0 Å². The highest BCUT2D eigenvalue weighted by atomic mass is 32.2. The normalized spacial score (nSPS) is 13.1. The lowest BCUT2D eigenvalue weighted by atomic mass is 10.2. The number of hydrogen-bond donors (Lipinski definition) is 0. The van der Waals surface area contributed by atoms with Gasteiger partial charge in [-0.05, 0) is 46.1 Å². The Kier molecular flexibility index (Phi) is 4.99. The van der Waals surface area contributed by atoms with Gasteiger partial charge in [-0.3, -0.25) is 4.21 Å². The lowest BCUT2D eigenvalue weighted by Crippen LogP contribution is -2.15. The molecule has 1 rings (SSSR count). The van der Waals surface area contributed by atoms with Gasteiger partial charge in [0.1, 0.15) is 0 Å². The van der Waals surface area contributed by atoms with E-state index in [2.05, 4.69) is 4.90 Å². The molecule has 1 atom stereocenters. The Labute approximate surface area is 94.8 Å². The van der Waals surface area contributed by atoms with Crippen molar-refractivity contribution >= 4 is 10.8 Å². The molecule has 0 aliphatic carbocycles. The second-order valence-corrected chi connectivity index (χ2v) is 5.59. The summed E-state index contributed by atoms with van der Waals surface area (Å²) in [5.41, 5.74) is 1.21. The van der Waals surface area contributed by atoms with Gasteiger partial charge in [-0.25, -0.2) is 0 Å². The van der Waals surface area contributed by atoms with E-state index < -0.39 is 10.8 Å². The zero-order valence-corrected chi connectivity index (χ0v) is 10.5. The predicted molar refractivity (Wildman–Crippen MR) is 65.6 cm³/mol. The van der Waals surface area contributed by atoms with Crippen molar-refractivity contribution < 1.29 is 4.21 Å². The summed E-state index contributed by atoms with van der Waals surface area (Å²) in [5.74, 6) is 0.751. The Bertz CT molecular complexity index is 319. The lowest BCUT2D eigenvalue weighted by molar-refractivity contribution is 0.409. The fourth-order valence-electron chi connectivity index (χ4n) is 1.32. The molecule has 1 aromatic rings. The number of rotatable bonds is 5. The quantitative estimate of drug-likeness (QED) is 0.764. The topological polar surface area (TPSA) is 20.3 Å². The first-order chi connectivity index (χ1) is 7.09. The fraction of sp³-hybridized carbons (Fsp3) is 0.500. The maximum Gasteiger partial charge on any atom is 0.0529 e. The van der Waals surface area contributed by atoms with Crippen LogP contribution in [0.15, 0.2) is 29.2 Å². The Hall–Kier alpha value is -0.670. The highest BCUT2D eigenvalue weighted by Crippen LogP contribution is 2.09. The van der Waals surface area contributed by atoms with Crippen molar-refractivity contribution in [3.8, 4) is 0 Å². The van der Waals surface area contributed by atoms with Gasteiger partial charge in [0.25, 0.3) is 0 Å². The summed E-state index contributed by atoms with van der Waals surface area (Å²) in [6, 6.07) is 7.95. The van der Waals surface area contributed by atoms with Crippen LogP contribution >= 0.6 is 0 Å². The summed E-state index contributed by atoms with van der Waals surface area (Å²) in [6.45, 7) is 3.04. The van der Waals surface area contributed by atoms with Gasteiger partial charge in [-0.15, -0.1) is 0 Å². The number of aryl methyl sites for hydroxylation is 1. The van der Waals surface area contributed by atoms with Gasteiger partial charge < -0.3 is 4.90 Å². The van der Waals surface area contributed by atoms with E-state index in [4.69, 9.17) is 0 Å². The summed E-state index contributed by atoms with van der Waals surface area (Å²) >= 11 is 0. The first-order valence-electron chi connectivity index (χ1n) is 5.19. The average Bonchev–Trinajstić information content (AvgIpc) is 2.18. The van der Waals surface area contributed by atoms with E-state index in [0.29, 0.717) is 0 Å². The second-order valence-electron chi connectivity index (χ2n) is 4.02. The van der Waals surface area contributed by atoms with Crippen molar-refractivity contribution in [2.24, 2.45) is 0 Å². The van der Waals surface area contributed by atoms with Crippen LogP contribution in [-0.2, 0) is 10.8 Å². The molecule has 3 heteroatoms. The van der Waals surface area contributed by atoms with Crippen LogP contribution in [0.5, 0.6) is 0 Å². The second kappa shape index (κ2) is 6.03. The van der Waals surface area contributed by atoms with Crippen LogP contribution < -0.4 is 0 Å². The summed E-state index contributed by atoms with van der Waals surface area (Å²) < 4.78 is 11.8. The third-order valence-corrected chi connectivity index (χ3v) is 3.68. The Morgan fingerprint density at radius 1 is 1.20 bits per heavy atom. The van der Waals surface area contributed by atoms with Crippen LogP contribution in [0, 0.1) is 6.92 Å². The summed E-state index contributed by atoms with van der Waals surface area (Å²) in [6.07, 6.45) is 0.980. The van der Waals surface area contributed by atoms with Crippen LogP contribution in [0.25, 0.3) is 0 Å². The summed E-state index contributed by atoms with van der Waals surface area (Å²) in [5, 5.41) is 0. The van der Waals surface area contributed by atoms with Crippen molar-refractivity contribution in [1.29, 1.82) is 0 Å². The van der Waals surface area contributed by atoms with Crippen molar-refractivity contribution in [2.45, 2.75) is 18.2 Å². The van der Waals surface area contributed by atoms with E-state index in [9.17, 15) is 4.21 Å². The summed E-state index contributed by atoms with van der Waals surface area (Å²) in [4.78, 5) is 3.06. The first-order valence-corrected chi connectivity index (χ1v) is 6.51. The molecule has 15 heavy (non-hydrogen) atoms. The lowest BCUT2D eigenvalue weighted by Gasteiger charge is -2.08. The van der Waals surface area contributed by atoms with E-state index in [1.807, 2.05) is 45.3 Å². The highest BCUT2D eigenvalue weighted by Gasteiger charge is 2.03. The largest absolute Gasteiger partial charge is 0.309 e. The first kappa shape index (κ1) is 12.4. The standard InChI is InChI=1S/C12H19NOS/c1-11-5-7-12(8-6-11)15(14)10-4-9-13(2)3/h5-8H,4,9-10H2,1-3H3. The maximum atomic E-state index is 11.8. The molecule has 84 valence electrons. The van der Waals surface area contributed by atoms with Crippen LogP contribution in [0.2, 0.25) is 0 Å². The Morgan fingerprint density at radius 3 is 2.33 bits per heavy atom. The molecule has 0 aliphatic heterocycles. The molecule has 0 bridgehead atoms. The molecule has 0 saturated heterocycles. The minimum absolute atomic E-state index is 0.751. The highest BCUT2D eigenvalue weighted by molar-refractivity contribution is 7.85. The van der Waals surface area contributed by atoms with Crippen molar-refractivity contribution in [2.75, 3.05) is 26.4 Å². The molecule has 1 aromatic carbocycles. The van der Waals surface area contributed by atoms with Gasteiger partial charge in [-0.1, -0.05) is 17.7 Å². The van der Waals surface area contributed by atoms with Gasteiger partial charge in [0.2, 0.25) is 0 Å². The van der Waals surface area contributed by atoms with Crippen LogP contribution in [0.3, 0.4) is 0 Å². The molecule has 0 heterocycles. The van der Waals surface area contributed by atoms with E-state index >= 15 is 0 Å². The maximum absolute atomic E-state index is 11.8. The molecule has 0 radical (unpaired) electrons. The number of benzene rings is 1. The molecular weight excluding hydrogens is 206 g/mol. The molecule has 1 unspecified atom stereocenters. The minimum Gasteiger partial charge on any atom is -0.309 e. The van der Waals surface area contributed by atoms with Gasteiger partial charge in [-0.2, -0.15) is 0 Å². The molecule has 0 aliphatic rings. The van der Waals surface area contributed by atoms with Crippen LogP contribution in [0.4, 0.5) is 0 Å². The van der Waals surface area contributed by atoms with Crippen molar-refractivity contribution in [1.82, 2.24) is 4.90 Å². The minimum atomic E-state index is -0.835. The molecular formula is C12H19NOS. The number of hydrogen-bond acceptors (Lipinski definition) is 2. The van der Waals surface area contributed by atoms with E-state index in [-0.39, 0.29) is 0 Å². The summed E-state index contributed by atoms with van der Waals surface area (Å²) in [7, 11) is 3.24. The van der Waals surface area contributed by atoms with Gasteiger partial charge >= 0.3 is 0 Å². The molecule has 2 nitrogen and oxygen atoms in total. The fourth-order valence-corrected chi connectivity index (χ4v) is 2.39. The van der Waals surface area contributed by atoms with Crippen molar-refractivity contribution in [3.63, 3.8) is 0 Å². The van der Waals surface area contributed by atoms with E-state index in [1.54, 1.807) is 0 Å². The molecule has 0 spiro atoms. The molecule has 0 saturated carbocycles. The average molecular weight is 225 g/mol. The smallest absolute Gasteiger partial charge is 0.0529 e. The Balaban J connectivity index is 2.43. The molecule has 0 N–H and O–H groups in total. The zero-order valence-electron chi connectivity index (χ0n) is 9.69. The van der Waals surface area contributed by atoms with E-state index in [0.717, 1.165) is 23.6 Å². The Morgan fingerprint density at radius 2 is 1.80 bits per heavy atom. The number of nitrogens with zero attached hydrogens (tertiary/aromatic N) is 1. The van der Waals surface area contributed by atoms with Gasteiger partial charge in [0, 0.05) is 10.6 Å². The van der Waals surface area contributed by atoms with Gasteiger partial charge in [0.05, 0.1) is 10.8 Å². The van der Waals surface area contributed by atoms with E-state index in [1.165, 1.54) is 5.56 Å². The third-order valence-electron chi connectivity index (χ3n) is 2.22. The van der Waals surface area contributed by atoms with Crippen LogP contribution in [-0.4, -0.2) is 35.5 Å². The SMILES string of the molecule is Cc1ccc(S(=O)CCCN(C)C)cc1. The van der Waals surface area contributed by atoms with Crippen LogP contribution in [0.1, 0.15) is 12.0 Å². The van der Waals surface area contributed by atoms with Crippen molar-refractivity contribution in [3.05, 3.63) is 29.8 Å². The zero-order chi connectivity index (χ0) is 11.3. The third kappa shape index (κ3) is 4.58. The molecule has 0 fully saturated rings. The molecule has 0 amide bonds.